The summed E-state index contributed by atoms with van der Waals surface area (Å²) in [5.74, 6) is -4.40. The molecule has 5 N–H and O–H groups in total. The first-order valence-electron chi connectivity index (χ1n) is 31.5. The average Bonchev–Trinajstić information content (AvgIpc) is 1.62. The Labute approximate surface area is 611 Å². The molecule has 7 aromatic carbocycles. The number of fused-ring (bicyclic) bond motifs is 3. The van der Waals surface area contributed by atoms with Crippen LogP contribution < -0.4 is 44.8 Å². The van der Waals surface area contributed by atoms with Gasteiger partial charge in [0.25, 0.3) is 35.4 Å². The van der Waals surface area contributed by atoms with E-state index in [0.29, 0.717) is 71.0 Å². The van der Waals surface area contributed by atoms with Crippen LogP contribution in [0.3, 0.4) is 0 Å². The number of carbonyl (C=O) groups is 8. The fraction of sp³-hybridized carbons (Fsp3) is 0.324. The zero-order chi connectivity index (χ0) is 74.5. The molecule has 3 aliphatic heterocycles. The highest BCUT2D eigenvalue weighted by Crippen LogP contribution is 2.42. The van der Waals surface area contributed by atoms with Gasteiger partial charge in [-0.1, -0.05) is 89.0 Å². The molecule has 0 bridgehead atoms. The first kappa shape index (κ1) is 84.9. The SMILES string of the molecule is C.C.C.CCOc1cc([C@H](CS(C)(=O)=O)N2C(=O)c3cccc(N)c3C2=O)ccc1OC.CCOc1cc([C@H](CS(C)(=O)=O)N2C(=O)c3cccc(NC(=O)CO)c3C2=O)ccc1OC.CCOc1cc([C@H](CS(C)(=O)=O)N2C(=O)c3cccc(NC(=O)COCc4ccccc4)c3C2=O)ccc1OC. The molecule has 0 saturated carbocycles. The number of anilines is 3. The number of hydrogen-bond acceptors (Lipinski definition) is 23. The van der Waals surface area contributed by atoms with Gasteiger partial charge in [0.15, 0.2) is 34.5 Å². The van der Waals surface area contributed by atoms with Crippen LogP contribution in [-0.2, 0) is 50.4 Å². The number of sulfone groups is 3. The minimum absolute atomic E-state index is 0. The number of nitrogens with zero attached hydrogens (tertiary/aromatic N) is 3. The fourth-order valence-electron chi connectivity index (χ4n) is 11.5. The molecule has 105 heavy (non-hydrogen) atoms. The third-order valence-corrected chi connectivity index (χ3v) is 18.6. The Bertz CT molecular complexity index is 4750. The van der Waals surface area contributed by atoms with E-state index in [2.05, 4.69) is 10.6 Å². The number of nitrogens with one attached hydrogen (secondary N) is 2. The Kier molecular flexibility index (Phi) is 29.6. The topological polar surface area (TPSA) is 384 Å². The van der Waals surface area contributed by atoms with Gasteiger partial charge in [0, 0.05) is 24.5 Å². The predicted octanol–water partition coefficient (Wildman–Crippen LogP) is 9.00. The van der Waals surface area contributed by atoms with Crippen molar-refractivity contribution in [3.8, 4) is 34.5 Å². The molecular formula is C74H88N6O22S3. The monoisotopic (exact) mass is 1510 g/mol. The van der Waals surface area contributed by atoms with Crippen molar-refractivity contribution in [1.29, 1.82) is 0 Å². The summed E-state index contributed by atoms with van der Waals surface area (Å²) in [4.78, 5) is 107. The number of carbonyl (C=O) groups excluding carboxylic acids is 8. The van der Waals surface area contributed by atoms with Gasteiger partial charge in [-0.3, -0.25) is 53.1 Å². The minimum atomic E-state index is -3.65. The van der Waals surface area contributed by atoms with Gasteiger partial charge in [0.2, 0.25) is 11.8 Å². The standard InChI is InChI=1S/C29H30N2O8S.C22H24N2O8S.C20H22N2O6S.3CH4/c1-4-39-25-15-20(13-14-24(25)37-2)23(18-40(3,35)36)31-28(33)21-11-8-12-22(27(21)29(31)34)30-26(32)17-38-16-19-9-6-5-7-10-19;1-4-32-18-10-13(8-9-17(18)31-2)16(12-33(3,29)30)24-21(27)14-6-5-7-15(20(14)22(24)28)23-19(26)11-25;1-4-28-17-10-12(8-9-16(17)27-2)15(11-29(3,25)26)22-19(23)13-6-5-7-14(21)18(13)20(22)24;;;/h5-15,23H,4,16-18H2,1-3H3,(H,30,32);5-10,16,25H,4,11-12H2,1-3H3,(H,23,26);5-10,15H,4,11,21H2,1-3H3;3*1H4/t23-;16-;15-;;;/m000.../s1. The molecule has 28 nitrogen and oxygen atoms in total. The number of rotatable bonds is 28. The Morgan fingerprint density at radius 3 is 1.10 bits per heavy atom. The normalized spacial score (nSPS) is 13.7. The predicted molar refractivity (Wildman–Crippen MR) is 396 cm³/mol. The van der Waals surface area contributed by atoms with E-state index < -0.39 is 119 Å². The fourth-order valence-corrected chi connectivity index (χ4v) is 14.3. The van der Waals surface area contributed by atoms with Gasteiger partial charge in [-0.05, 0) is 116 Å². The van der Waals surface area contributed by atoms with E-state index in [4.69, 9.17) is 44.0 Å². The first-order valence-corrected chi connectivity index (χ1v) is 37.6. The Morgan fingerprint density at radius 1 is 0.438 bits per heavy atom. The van der Waals surface area contributed by atoms with Gasteiger partial charge >= 0.3 is 0 Å². The van der Waals surface area contributed by atoms with E-state index in [-0.39, 0.29) is 85.9 Å². The van der Waals surface area contributed by atoms with Crippen molar-refractivity contribution in [2.45, 2.75) is 67.8 Å². The van der Waals surface area contributed by atoms with Crippen LogP contribution in [0.15, 0.2) is 140 Å². The average molecular weight is 1510 g/mol. The lowest BCUT2D eigenvalue weighted by Crippen LogP contribution is -2.37. The molecule has 0 unspecified atom stereocenters. The van der Waals surface area contributed by atoms with Crippen LogP contribution in [0.25, 0.3) is 0 Å². The lowest BCUT2D eigenvalue weighted by atomic mass is 10.1. The number of benzene rings is 7. The first-order chi connectivity index (χ1) is 48.4. The summed E-state index contributed by atoms with van der Waals surface area (Å²) in [6.07, 6.45) is 3.10. The number of imide groups is 3. The molecule has 3 aliphatic rings. The van der Waals surface area contributed by atoms with Crippen LogP contribution in [-0.4, -0.2) is 183 Å². The maximum absolute atomic E-state index is 13.7. The molecule has 0 aliphatic carbocycles. The molecule has 0 radical (unpaired) electrons. The summed E-state index contributed by atoms with van der Waals surface area (Å²) in [6, 6.07) is 33.7. The van der Waals surface area contributed by atoms with Gasteiger partial charge in [-0.2, -0.15) is 0 Å². The van der Waals surface area contributed by atoms with Crippen LogP contribution >= 0.6 is 0 Å². The third kappa shape index (κ3) is 20.2. The quantitative estimate of drug-likeness (QED) is 0.0262. The van der Waals surface area contributed by atoms with Gasteiger partial charge in [0.1, 0.15) is 42.7 Å². The maximum atomic E-state index is 13.7. The summed E-state index contributed by atoms with van der Waals surface area (Å²) in [5.41, 5.74) is 8.58. The third-order valence-electron chi connectivity index (χ3n) is 15.8. The smallest absolute Gasteiger partial charge is 0.264 e. The molecule has 7 aromatic rings. The van der Waals surface area contributed by atoms with E-state index in [0.717, 1.165) is 39.0 Å². The summed E-state index contributed by atoms with van der Waals surface area (Å²) in [5, 5.41) is 14.1. The molecular weight excluding hydrogens is 1420 g/mol. The van der Waals surface area contributed by atoms with Gasteiger partial charge in [-0.15, -0.1) is 0 Å². The highest BCUT2D eigenvalue weighted by molar-refractivity contribution is 7.91. The van der Waals surface area contributed by atoms with Crippen molar-refractivity contribution in [3.05, 3.63) is 195 Å². The zero-order valence-electron chi connectivity index (χ0n) is 57.0. The van der Waals surface area contributed by atoms with Gasteiger partial charge in [-0.25, -0.2) is 25.3 Å². The van der Waals surface area contributed by atoms with Crippen LogP contribution in [0.5, 0.6) is 34.5 Å². The van der Waals surface area contributed by atoms with Crippen LogP contribution in [0, 0.1) is 0 Å². The highest BCUT2D eigenvalue weighted by atomic mass is 32.2. The molecule has 31 heteroatoms. The van der Waals surface area contributed by atoms with Gasteiger partial charge in [0.05, 0.1) is 128 Å². The van der Waals surface area contributed by atoms with E-state index in [1.165, 1.54) is 69.9 Å². The summed E-state index contributed by atoms with van der Waals surface area (Å²) >= 11 is 0. The molecule has 0 fully saturated rings. The van der Waals surface area contributed by atoms with E-state index in [1.807, 2.05) is 30.3 Å². The molecule has 10 rings (SSSR count). The summed E-state index contributed by atoms with van der Waals surface area (Å²) in [6.45, 7) is 5.50. The Hall–Kier alpha value is -10.7. The molecule has 0 saturated heterocycles. The summed E-state index contributed by atoms with van der Waals surface area (Å²) in [7, 11) is -6.42. The maximum Gasteiger partial charge on any atom is 0.264 e. The van der Waals surface area contributed by atoms with Crippen molar-refractivity contribution in [2.24, 2.45) is 0 Å². The summed E-state index contributed by atoms with van der Waals surface area (Å²) < 4.78 is 112. The van der Waals surface area contributed by atoms with E-state index >= 15 is 0 Å². The molecule has 3 heterocycles. The van der Waals surface area contributed by atoms with Gasteiger partial charge < -0.3 is 54.6 Å². The lowest BCUT2D eigenvalue weighted by Gasteiger charge is -2.27. The highest BCUT2D eigenvalue weighted by Gasteiger charge is 2.47. The second-order valence-corrected chi connectivity index (χ2v) is 29.8. The second-order valence-electron chi connectivity index (χ2n) is 23.3. The number of aliphatic hydroxyl groups is 1. The van der Waals surface area contributed by atoms with Crippen LogP contribution in [0.1, 0.15) is 146 Å². The minimum Gasteiger partial charge on any atom is -0.493 e. The van der Waals surface area contributed by atoms with Crippen molar-refractivity contribution in [1.82, 2.24) is 14.7 Å². The second kappa shape index (κ2) is 36.6. The Balaban J connectivity index is 0.000000283. The lowest BCUT2D eigenvalue weighted by molar-refractivity contribution is -0.121. The van der Waals surface area contributed by atoms with E-state index in [1.54, 1.807) is 81.4 Å². The van der Waals surface area contributed by atoms with Crippen LogP contribution in [0.2, 0.25) is 0 Å². The van der Waals surface area contributed by atoms with Crippen molar-refractivity contribution in [3.63, 3.8) is 0 Å². The molecule has 3 atom stereocenters. The number of amides is 8. The molecule has 0 spiro atoms. The zero-order valence-corrected chi connectivity index (χ0v) is 59.5. The largest absolute Gasteiger partial charge is 0.493 e. The molecule has 8 amide bonds. The number of ether oxygens (including phenoxy) is 7. The number of nitrogens with two attached hydrogens (primary N) is 1. The Morgan fingerprint density at radius 2 is 0.771 bits per heavy atom. The van der Waals surface area contributed by atoms with Crippen molar-refractivity contribution in [2.75, 3.05) is 107 Å². The number of aliphatic hydroxyl groups excluding tert-OH is 1. The van der Waals surface area contributed by atoms with Crippen LogP contribution in [0.4, 0.5) is 17.1 Å². The van der Waals surface area contributed by atoms with Crippen molar-refractivity contribution < 1.29 is 102 Å². The van der Waals surface area contributed by atoms with Crippen molar-refractivity contribution >= 4 is 93.8 Å². The number of methoxy groups -OCH3 is 3. The number of nitrogen functional groups attached to an aromatic ring is 1. The molecule has 564 valence electrons. The number of hydrogen-bond donors (Lipinski definition) is 4. The molecule has 0 aromatic heterocycles. The van der Waals surface area contributed by atoms with E-state index in [9.17, 15) is 63.6 Å².